The Morgan fingerprint density at radius 3 is 1.86 bits per heavy atom. The summed E-state index contributed by atoms with van der Waals surface area (Å²) in [4.78, 5) is 0. The lowest BCUT2D eigenvalue weighted by atomic mass is 10.5. The molecule has 0 spiro atoms. The maximum Gasteiger partial charge on any atom is 0.186 e. The molecular formula is C4H3F3. The fraction of sp³-hybridized carbons (Fsp3) is 0. The molecule has 0 unspecified atom stereocenters. The first-order valence-electron chi connectivity index (χ1n) is 1.49. The van der Waals surface area contributed by atoms with Crippen LogP contribution in [0.25, 0.3) is 0 Å². The minimum Gasteiger partial charge on any atom is -0.212 e. The summed E-state index contributed by atoms with van der Waals surface area (Å²) in [6, 6.07) is 0. The Balaban J connectivity index is 3.82. The van der Waals surface area contributed by atoms with Crippen LogP contribution in [-0.4, -0.2) is 0 Å². The van der Waals surface area contributed by atoms with E-state index in [1.54, 1.807) is 0 Å². The summed E-state index contributed by atoms with van der Waals surface area (Å²) in [6.07, 6.45) is -0.484. The zero-order valence-electron chi connectivity index (χ0n) is 3.42. The third-order valence-corrected chi connectivity index (χ3v) is 0.355. The van der Waals surface area contributed by atoms with Crippen LogP contribution >= 0.6 is 0 Å². The molecule has 0 atom stereocenters. The van der Waals surface area contributed by atoms with Gasteiger partial charge < -0.3 is 0 Å². The lowest BCUT2D eigenvalue weighted by Gasteiger charge is -1.80. The van der Waals surface area contributed by atoms with Crippen LogP contribution in [-0.2, 0) is 0 Å². The smallest absolute Gasteiger partial charge is 0.186 e. The molecule has 0 fully saturated rings. The van der Waals surface area contributed by atoms with Crippen LogP contribution in [0.4, 0.5) is 13.2 Å². The second kappa shape index (κ2) is 2.44. The van der Waals surface area contributed by atoms with E-state index < -0.39 is 18.0 Å². The highest BCUT2D eigenvalue weighted by Crippen LogP contribution is 2.08. The molecule has 0 amide bonds. The van der Waals surface area contributed by atoms with Crippen LogP contribution in [0.1, 0.15) is 0 Å². The highest BCUT2D eigenvalue weighted by Gasteiger charge is 1.95. The Hall–Kier alpha value is -0.730. The van der Waals surface area contributed by atoms with Gasteiger partial charge in [0.1, 0.15) is 6.33 Å². The van der Waals surface area contributed by atoms with Crippen LogP contribution in [0.3, 0.4) is 0 Å². The molecule has 0 aromatic rings. The van der Waals surface area contributed by atoms with Gasteiger partial charge in [0.15, 0.2) is 11.7 Å². The van der Waals surface area contributed by atoms with Gasteiger partial charge in [-0.05, 0) is 0 Å². The molecular weight excluding hydrogens is 105 g/mol. The topological polar surface area (TPSA) is 0 Å². The SMILES string of the molecule is C=C(F)C(F)=CF. The minimum atomic E-state index is -1.56. The van der Waals surface area contributed by atoms with Gasteiger partial charge in [0.05, 0.1) is 0 Å². The summed E-state index contributed by atoms with van der Waals surface area (Å²) < 4.78 is 33.3. The first-order chi connectivity index (χ1) is 3.18. The van der Waals surface area contributed by atoms with Gasteiger partial charge in [-0.1, -0.05) is 6.58 Å². The second-order valence-corrected chi connectivity index (χ2v) is 0.862. The van der Waals surface area contributed by atoms with Crippen LogP contribution in [0, 0.1) is 0 Å². The van der Waals surface area contributed by atoms with Gasteiger partial charge >= 0.3 is 0 Å². The van der Waals surface area contributed by atoms with E-state index in [9.17, 15) is 13.2 Å². The molecule has 0 bridgehead atoms. The zero-order valence-corrected chi connectivity index (χ0v) is 3.42. The van der Waals surface area contributed by atoms with Crippen molar-refractivity contribution in [3.8, 4) is 0 Å². The fourth-order valence-corrected chi connectivity index (χ4v) is 0.0592. The Morgan fingerprint density at radius 2 is 1.86 bits per heavy atom. The van der Waals surface area contributed by atoms with Crippen LogP contribution in [0.5, 0.6) is 0 Å². The van der Waals surface area contributed by atoms with Crippen molar-refractivity contribution >= 4 is 0 Å². The molecule has 0 aliphatic carbocycles. The summed E-state index contributed by atoms with van der Waals surface area (Å²) >= 11 is 0. The predicted molar refractivity (Wildman–Crippen MR) is 20.5 cm³/mol. The Bertz CT molecular complexity index is 104. The molecule has 0 aromatic heterocycles. The summed E-state index contributed by atoms with van der Waals surface area (Å²) in [5.41, 5.74) is 0. The number of hydrogen-bond donors (Lipinski definition) is 0. The number of hydrogen-bond acceptors (Lipinski definition) is 0. The van der Waals surface area contributed by atoms with Gasteiger partial charge in [0.2, 0.25) is 0 Å². The average molecular weight is 108 g/mol. The van der Waals surface area contributed by atoms with Crippen LogP contribution < -0.4 is 0 Å². The molecule has 0 aliphatic heterocycles. The monoisotopic (exact) mass is 108 g/mol. The summed E-state index contributed by atoms with van der Waals surface area (Å²) in [5.74, 6) is -2.94. The Morgan fingerprint density at radius 1 is 1.43 bits per heavy atom. The lowest BCUT2D eigenvalue weighted by molar-refractivity contribution is 0.522. The third-order valence-electron chi connectivity index (χ3n) is 0.355. The van der Waals surface area contributed by atoms with E-state index in [1.807, 2.05) is 0 Å². The Kier molecular flexibility index (Phi) is 2.19. The van der Waals surface area contributed by atoms with Crippen molar-refractivity contribution in [2.45, 2.75) is 0 Å². The molecule has 0 rings (SSSR count). The minimum absolute atomic E-state index is 0.484. The Labute approximate surface area is 39.0 Å². The molecule has 3 heteroatoms. The molecule has 0 N–H and O–H groups in total. The van der Waals surface area contributed by atoms with Gasteiger partial charge in [-0.2, -0.15) is 0 Å². The quantitative estimate of drug-likeness (QED) is 0.452. The van der Waals surface area contributed by atoms with Crippen LogP contribution in [0.15, 0.2) is 24.6 Å². The first-order valence-corrected chi connectivity index (χ1v) is 1.49. The van der Waals surface area contributed by atoms with E-state index >= 15 is 0 Å². The molecule has 40 valence electrons. The van der Waals surface area contributed by atoms with Crippen molar-refractivity contribution in [3.63, 3.8) is 0 Å². The van der Waals surface area contributed by atoms with Crippen molar-refractivity contribution in [2.24, 2.45) is 0 Å². The molecule has 0 aromatic carbocycles. The van der Waals surface area contributed by atoms with Gasteiger partial charge in [-0.25, -0.2) is 13.2 Å². The van der Waals surface area contributed by atoms with E-state index in [0.717, 1.165) is 0 Å². The lowest BCUT2D eigenvalue weighted by Crippen LogP contribution is -1.65. The maximum absolute atomic E-state index is 11.3. The highest BCUT2D eigenvalue weighted by atomic mass is 19.2. The van der Waals surface area contributed by atoms with Gasteiger partial charge in [-0.15, -0.1) is 0 Å². The molecule has 0 aliphatic rings. The molecule has 0 saturated heterocycles. The van der Waals surface area contributed by atoms with E-state index in [1.165, 1.54) is 0 Å². The van der Waals surface area contributed by atoms with Crippen molar-refractivity contribution in [3.05, 3.63) is 24.6 Å². The highest BCUT2D eigenvalue weighted by molar-refractivity contribution is 5.11. The van der Waals surface area contributed by atoms with E-state index in [-0.39, 0.29) is 0 Å². The maximum atomic E-state index is 11.3. The third kappa shape index (κ3) is 2.03. The first kappa shape index (κ1) is 6.27. The predicted octanol–water partition coefficient (Wildman–Crippen LogP) is 2.25. The standard InChI is InChI=1S/C4H3F3/c1-3(6)4(7)2-5/h2H,1H2. The van der Waals surface area contributed by atoms with Crippen molar-refractivity contribution in [1.82, 2.24) is 0 Å². The van der Waals surface area contributed by atoms with E-state index in [0.29, 0.717) is 0 Å². The summed E-state index contributed by atoms with van der Waals surface area (Å²) in [7, 11) is 0. The second-order valence-electron chi connectivity index (χ2n) is 0.862. The van der Waals surface area contributed by atoms with Crippen molar-refractivity contribution in [2.75, 3.05) is 0 Å². The molecule has 0 saturated carbocycles. The summed E-state index contributed by atoms with van der Waals surface area (Å²) in [5, 5.41) is 0. The zero-order chi connectivity index (χ0) is 5.86. The molecule has 7 heavy (non-hydrogen) atoms. The number of rotatable bonds is 1. The number of halogens is 3. The number of allylic oxidation sites excluding steroid dienone is 2. The molecule has 0 nitrogen and oxygen atoms in total. The van der Waals surface area contributed by atoms with E-state index in [4.69, 9.17) is 0 Å². The fourth-order valence-electron chi connectivity index (χ4n) is 0.0592. The van der Waals surface area contributed by atoms with Gasteiger partial charge in [-0.3, -0.25) is 0 Å². The summed E-state index contributed by atoms with van der Waals surface area (Å²) in [6.45, 7) is 2.48. The van der Waals surface area contributed by atoms with Crippen molar-refractivity contribution in [1.29, 1.82) is 0 Å². The van der Waals surface area contributed by atoms with Gasteiger partial charge in [0.25, 0.3) is 0 Å². The van der Waals surface area contributed by atoms with Crippen molar-refractivity contribution < 1.29 is 13.2 Å². The molecule has 0 heterocycles. The normalized spacial score (nSPS) is 11.6. The van der Waals surface area contributed by atoms with E-state index in [2.05, 4.69) is 6.58 Å². The average Bonchev–Trinajstić information content (AvgIpc) is 1.65. The largest absolute Gasteiger partial charge is 0.212 e. The van der Waals surface area contributed by atoms with Gasteiger partial charge in [0, 0.05) is 0 Å². The van der Waals surface area contributed by atoms with Crippen LogP contribution in [0.2, 0.25) is 0 Å². The molecule has 0 radical (unpaired) electrons.